The molecule has 1 N–H and O–H groups in total. The average molecular weight is 324 g/mol. The van der Waals surface area contributed by atoms with E-state index in [0.29, 0.717) is 12.2 Å². The molecule has 1 saturated heterocycles. The predicted molar refractivity (Wildman–Crippen MR) is 101 cm³/mol. The van der Waals surface area contributed by atoms with E-state index < -0.39 is 0 Å². The van der Waals surface area contributed by atoms with Crippen molar-refractivity contribution in [2.45, 2.75) is 39.0 Å². The van der Waals surface area contributed by atoms with Crippen LogP contribution in [0.5, 0.6) is 0 Å². The molecule has 3 heteroatoms. The Kier molecular flexibility index (Phi) is 5.89. The van der Waals surface area contributed by atoms with E-state index in [0.717, 1.165) is 32.6 Å². The van der Waals surface area contributed by atoms with E-state index in [2.05, 4.69) is 78.7 Å². The normalized spacial score (nSPS) is 21.0. The molecule has 0 radical (unpaired) electrons. The van der Waals surface area contributed by atoms with Crippen molar-refractivity contribution in [3.8, 4) is 0 Å². The summed E-state index contributed by atoms with van der Waals surface area (Å²) in [7, 11) is 0. The van der Waals surface area contributed by atoms with E-state index in [1.807, 2.05) is 0 Å². The molecule has 1 aliphatic rings. The summed E-state index contributed by atoms with van der Waals surface area (Å²) in [6.07, 6.45) is 1.67. The number of benzene rings is 2. The summed E-state index contributed by atoms with van der Waals surface area (Å²) in [6.45, 7) is 8.16. The Morgan fingerprint density at radius 3 is 2.25 bits per heavy atom. The van der Waals surface area contributed by atoms with Gasteiger partial charge in [-0.3, -0.25) is 0 Å². The minimum Gasteiger partial charge on any atom is -0.372 e. The first-order valence-corrected chi connectivity index (χ1v) is 8.94. The molecular formula is C21H28N2O. The van der Waals surface area contributed by atoms with Crippen molar-refractivity contribution in [3.63, 3.8) is 0 Å². The van der Waals surface area contributed by atoms with E-state index >= 15 is 0 Å². The average Bonchev–Trinajstić information content (AvgIpc) is 2.59. The van der Waals surface area contributed by atoms with Crippen molar-refractivity contribution in [2.24, 2.45) is 0 Å². The summed E-state index contributed by atoms with van der Waals surface area (Å²) in [5.41, 5.74) is 4.02. The topological polar surface area (TPSA) is 24.5 Å². The van der Waals surface area contributed by atoms with Gasteiger partial charge in [0.2, 0.25) is 0 Å². The van der Waals surface area contributed by atoms with E-state index in [1.54, 1.807) is 0 Å². The monoisotopic (exact) mass is 324 g/mol. The molecule has 0 spiro atoms. The van der Waals surface area contributed by atoms with Crippen LogP contribution in [-0.2, 0) is 17.7 Å². The Morgan fingerprint density at radius 2 is 1.58 bits per heavy atom. The fourth-order valence-electron chi connectivity index (χ4n) is 3.32. The molecule has 3 nitrogen and oxygen atoms in total. The van der Waals surface area contributed by atoms with Gasteiger partial charge in [-0.2, -0.15) is 0 Å². The summed E-state index contributed by atoms with van der Waals surface area (Å²) in [6, 6.07) is 19.6. The zero-order valence-corrected chi connectivity index (χ0v) is 14.7. The van der Waals surface area contributed by atoms with Gasteiger partial charge in [0.15, 0.2) is 0 Å². The van der Waals surface area contributed by atoms with E-state index in [-0.39, 0.29) is 0 Å². The van der Waals surface area contributed by atoms with Gasteiger partial charge in [0.1, 0.15) is 0 Å². The first-order valence-electron chi connectivity index (χ1n) is 8.94. The first kappa shape index (κ1) is 17.0. The number of nitrogens with zero attached hydrogens (tertiary/aromatic N) is 1. The maximum absolute atomic E-state index is 5.81. The van der Waals surface area contributed by atoms with E-state index in [4.69, 9.17) is 4.74 Å². The summed E-state index contributed by atoms with van der Waals surface area (Å²) in [4.78, 5) is 2.42. The Hall–Kier alpha value is -1.84. The molecule has 2 aromatic rings. The van der Waals surface area contributed by atoms with Crippen LogP contribution in [0, 0.1) is 0 Å². The lowest BCUT2D eigenvalue weighted by molar-refractivity contribution is -0.00521. The van der Waals surface area contributed by atoms with Crippen LogP contribution < -0.4 is 10.2 Å². The molecule has 2 unspecified atom stereocenters. The smallest absolute Gasteiger partial charge is 0.0726 e. The molecule has 0 bridgehead atoms. The highest BCUT2D eigenvalue weighted by Gasteiger charge is 2.22. The van der Waals surface area contributed by atoms with Crippen molar-refractivity contribution in [1.82, 2.24) is 5.32 Å². The van der Waals surface area contributed by atoms with E-state index in [1.165, 1.54) is 16.8 Å². The second-order valence-corrected chi connectivity index (χ2v) is 6.74. The van der Waals surface area contributed by atoms with Crippen LogP contribution in [0.25, 0.3) is 0 Å². The number of nitrogens with one attached hydrogen (secondary N) is 1. The van der Waals surface area contributed by atoms with Crippen molar-refractivity contribution in [3.05, 3.63) is 65.7 Å². The van der Waals surface area contributed by atoms with Gasteiger partial charge >= 0.3 is 0 Å². The molecule has 1 fully saturated rings. The quantitative estimate of drug-likeness (QED) is 0.821. The van der Waals surface area contributed by atoms with Crippen molar-refractivity contribution >= 4 is 5.69 Å². The second-order valence-electron chi connectivity index (χ2n) is 6.74. The van der Waals surface area contributed by atoms with E-state index in [9.17, 15) is 0 Å². The van der Waals surface area contributed by atoms with Crippen LogP contribution in [0.3, 0.4) is 0 Å². The molecule has 2 aromatic carbocycles. The van der Waals surface area contributed by atoms with Gasteiger partial charge < -0.3 is 15.0 Å². The number of ether oxygens (including phenoxy) is 1. The molecule has 1 heterocycles. The minimum absolute atomic E-state index is 0.299. The highest BCUT2D eigenvalue weighted by Crippen LogP contribution is 2.20. The number of morpholine rings is 1. The van der Waals surface area contributed by atoms with Crippen LogP contribution in [0.1, 0.15) is 25.0 Å². The molecule has 0 aliphatic carbocycles. The first-order chi connectivity index (χ1) is 11.7. The summed E-state index contributed by atoms with van der Waals surface area (Å²) >= 11 is 0. The lowest BCUT2D eigenvalue weighted by atomic mass is 10.1. The Bertz CT molecular complexity index is 601. The van der Waals surface area contributed by atoms with Crippen LogP contribution in [-0.4, -0.2) is 31.8 Å². The number of anilines is 1. The molecule has 128 valence electrons. The number of hydrogen-bond donors (Lipinski definition) is 1. The third kappa shape index (κ3) is 4.83. The largest absolute Gasteiger partial charge is 0.372 e. The molecule has 0 aromatic heterocycles. The van der Waals surface area contributed by atoms with Gasteiger partial charge in [0, 0.05) is 25.3 Å². The fraction of sp³-hybridized carbons (Fsp3) is 0.429. The maximum Gasteiger partial charge on any atom is 0.0726 e. The number of hydrogen-bond acceptors (Lipinski definition) is 3. The minimum atomic E-state index is 0.299. The highest BCUT2D eigenvalue weighted by atomic mass is 16.5. The van der Waals surface area contributed by atoms with Gasteiger partial charge in [0.25, 0.3) is 0 Å². The van der Waals surface area contributed by atoms with Crippen LogP contribution in [0.4, 0.5) is 5.69 Å². The Labute approximate surface area is 145 Å². The van der Waals surface area contributed by atoms with Crippen LogP contribution >= 0.6 is 0 Å². The predicted octanol–water partition coefficient (Wildman–Crippen LogP) is 3.63. The molecule has 24 heavy (non-hydrogen) atoms. The maximum atomic E-state index is 5.81. The fourth-order valence-corrected chi connectivity index (χ4v) is 3.32. The van der Waals surface area contributed by atoms with Crippen LogP contribution in [0.15, 0.2) is 54.6 Å². The van der Waals surface area contributed by atoms with Gasteiger partial charge in [0.05, 0.1) is 12.2 Å². The summed E-state index contributed by atoms with van der Waals surface area (Å²) in [5.74, 6) is 0. The summed E-state index contributed by atoms with van der Waals surface area (Å²) < 4.78 is 5.81. The van der Waals surface area contributed by atoms with Gasteiger partial charge in [-0.25, -0.2) is 0 Å². The standard InChI is InChI=1S/C21H28N2O/c1-17-15-23(16-18(2)24-17)21-10-8-20(9-11-21)14-22-13-12-19-6-4-3-5-7-19/h3-11,17-18,22H,12-16H2,1-2H3. The summed E-state index contributed by atoms with van der Waals surface area (Å²) in [5, 5.41) is 3.53. The molecule has 2 atom stereocenters. The SMILES string of the molecule is CC1CN(c2ccc(CNCCc3ccccc3)cc2)CC(C)O1. The Balaban J connectivity index is 1.46. The van der Waals surface area contributed by atoms with Gasteiger partial charge in [-0.15, -0.1) is 0 Å². The Morgan fingerprint density at radius 1 is 0.917 bits per heavy atom. The third-order valence-corrected chi connectivity index (χ3v) is 4.48. The number of rotatable bonds is 6. The van der Waals surface area contributed by atoms with Crippen molar-refractivity contribution in [2.75, 3.05) is 24.5 Å². The molecule has 0 saturated carbocycles. The highest BCUT2D eigenvalue weighted by molar-refractivity contribution is 5.48. The molecule has 0 amide bonds. The second kappa shape index (κ2) is 8.32. The van der Waals surface area contributed by atoms with Gasteiger partial charge in [-0.05, 0) is 50.1 Å². The molecule has 1 aliphatic heterocycles. The lowest BCUT2D eigenvalue weighted by Crippen LogP contribution is -2.45. The van der Waals surface area contributed by atoms with Crippen molar-refractivity contribution in [1.29, 1.82) is 0 Å². The zero-order valence-electron chi connectivity index (χ0n) is 14.7. The zero-order chi connectivity index (χ0) is 16.8. The van der Waals surface area contributed by atoms with Crippen molar-refractivity contribution < 1.29 is 4.74 Å². The van der Waals surface area contributed by atoms with Gasteiger partial charge in [-0.1, -0.05) is 42.5 Å². The van der Waals surface area contributed by atoms with Crippen LogP contribution in [0.2, 0.25) is 0 Å². The lowest BCUT2D eigenvalue weighted by Gasteiger charge is -2.36. The third-order valence-electron chi connectivity index (χ3n) is 4.48. The molecule has 3 rings (SSSR count). The molecular weight excluding hydrogens is 296 g/mol.